The molecule has 26 heavy (non-hydrogen) atoms. The molecule has 1 saturated heterocycles. The fraction of sp³-hybridized carbons (Fsp3) is 0.316. The van der Waals surface area contributed by atoms with Gasteiger partial charge in [0.05, 0.1) is 11.9 Å². The van der Waals surface area contributed by atoms with Gasteiger partial charge in [-0.05, 0) is 30.2 Å². The summed E-state index contributed by atoms with van der Waals surface area (Å²) in [6, 6.07) is 5.67. The lowest BCUT2D eigenvalue weighted by Gasteiger charge is -2.31. The molecule has 1 aromatic carbocycles. The minimum Gasteiger partial charge on any atom is -0.504 e. The molecule has 0 saturated carbocycles. The summed E-state index contributed by atoms with van der Waals surface area (Å²) < 4.78 is 0. The van der Waals surface area contributed by atoms with E-state index in [-0.39, 0.29) is 11.8 Å². The van der Waals surface area contributed by atoms with Gasteiger partial charge in [-0.2, -0.15) is 0 Å². The quantitative estimate of drug-likeness (QED) is 0.836. The summed E-state index contributed by atoms with van der Waals surface area (Å²) in [6.45, 7) is 2.94. The van der Waals surface area contributed by atoms with Gasteiger partial charge in [0, 0.05) is 47.8 Å². The van der Waals surface area contributed by atoms with Crippen molar-refractivity contribution in [2.24, 2.45) is 5.73 Å². The molecule has 1 unspecified atom stereocenters. The van der Waals surface area contributed by atoms with E-state index in [0.717, 1.165) is 42.1 Å². The molecular formula is C19H20Cl2N4O. The molecule has 0 aliphatic carbocycles. The van der Waals surface area contributed by atoms with Crippen molar-refractivity contribution >= 4 is 40.8 Å². The first-order chi connectivity index (χ1) is 12.5. The van der Waals surface area contributed by atoms with E-state index >= 15 is 0 Å². The number of hydrogen-bond donors (Lipinski definition) is 2. The minimum absolute atomic E-state index is 0.165. The van der Waals surface area contributed by atoms with Crippen molar-refractivity contribution in [3.8, 4) is 5.75 Å². The Balaban J connectivity index is 1.70. The minimum atomic E-state index is 0.165. The van der Waals surface area contributed by atoms with Crippen LogP contribution in [0.5, 0.6) is 5.75 Å². The third-order valence-electron chi connectivity index (χ3n) is 4.79. The van der Waals surface area contributed by atoms with Gasteiger partial charge in [-0.15, -0.1) is 0 Å². The van der Waals surface area contributed by atoms with Gasteiger partial charge in [0.25, 0.3) is 0 Å². The molecule has 1 fully saturated rings. The van der Waals surface area contributed by atoms with E-state index in [0.29, 0.717) is 23.1 Å². The number of benzene rings is 1. The summed E-state index contributed by atoms with van der Waals surface area (Å²) in [6.07, 6.45) is 6.58. The van der Waals surface area contributed by atoms with Crippen molar-refractivity contribution in [3.63, 3.8) is 0 Å². The summed E-state index contributed by atoms with van der Waals surface area (Å²) in [5, 5.41) is 11.7. The first kappa shape index (κ1) is 17.5. The molecule has 4 rings (SSSR count). The van der Waals surface area contributed by atoms with E-state index in [4.69, 9.17) is 28.9 Å². The summed E-state index contributed by atoms with van der Waals surface area (Å²) in [4.78, 5) is 8.77. The molecule has 1 aromatic heterocycles. The monoisotopic (exact) mass is 390 g/mol. The molecule has 7 heteroatoms. The molecule has 0 radical (unpaired) electrons. The van der Waals surface area contributed by atoms with E-state index in [1.807, 2.05) is 18.2 Å². The molecule has 3 N–H and O–H groups in total. The van der Waals surface area contributed by atoms with Crippen molar-refractivity contribution in [2.45, 2.75) is 19.0 Å². The molecule has 136 valence electrons. The SMILES string of the molecule is NC1CCN(c2ncc(O)c3c2C=CCN3Cc2cc(Cl)cc(Cl)c2)C1. The van der Waals surface area contributed by atoms with Crippen molar-refractivity contribution < 1.29 is 5.11 Å². The summed E-state index contributed by atoms with van der Waals surface area (Å²) in [5.41, 5.74) is 8.76. The van der Waals surface area contributed by atoms with Crippen molar-refractivity contribution in [1.29, 1.82) is 0 Å². The van der Waals surface area contributed by atoms with Gasteiger partial charge >= 0.3 is 0 Å². The van der Waals surface area contributed by atoms with Gasteiger partial charge in [-0.1, -0.05) is 35.4 Å². The summed E-state index contributed by atoms with van der Waals surface area (Å²) >= 11 is 12.3. The highest BCUT2D eigenvalue weighted by molar-refractivity contribution is 6.34. The highest BCUT2D eigenvalue weighted by Gasteiger charge is 2.27. The number of hydrogen-bond acceptors (Lipinski definition) is 5. The van der Waals surface area contributed by atoms with E-state index in [1.165, 1.54) is 6.20 Å². The van der Waals surface area contributed by atoms with E-state index in [1.54, 1.807) is 6.07 Å². The number of anilines is 2. The smallest absolute Gasteiger partial charge is 0.158 e. The fourth-order valence-corrected chi connectivity index (χ4v) is 4.24. The average Bonchev–Trinajstić information content (AvgIpc) is 3.00. The van der Waals surface area contributed by atoms with Crippen molar-refractivity contribution in [2.75, 3.05) is 29.4 Å². The molecule has 0 spiro atoms. The maximum Gasteiger partial charge on any atom is 0.158 e. The van der Waals surface area contributed by atoms with Gasteiger partial charge in [0.15, 0.2) is 5.75 Å². The first-order valence-corrected chi connectivity index (χ1v) is 9.36. The Hall–Kier alpha value is -1.95. The molecule has 0 bridgehead atoms. The van der Waals surface area contributed by atoms with Crippen LogP contribution >= 0.6 is 23.2 Å². The topological polar surface area (TPSA) is 65.6 Å². The number of rotatable bonds is 3. The zero-order valence-corrected chi connectivity index (χ0v) is 15.7. The molecule has 5 nitrogen and oxygen atoms in total. The number of fused-ring (bicyclic) bond motifs is 1. The van der Waals surface area contributed by atoms with E-state index < -0.39 is 0 Å². The van der Waals surface area contributed by atoms with Crippen LogP contribution in [0.15, 0.2) is 30.5 Å². The standard InChI is InChI=1S/C19H20Cl2N4O/c20-13-6-12(7-14(21)8-13)10-24-4-1-2-16-18(24)17(26)9-23-19(16)25-5-3-15(22)11-25/h1-2,6-9,15,26H,3-5,10-11,22H2. The van der Waals surface area contributed by atoms with Crippen LogP contribution in [0, 0.1) is 0 Å². The van der Waals surface area contributed by atoms with Gasteiger partial charge in [-0.3, -0.25) is 0 Å². The molecular weight excluding hydrogens is 371 g/mol. The predicted octanol–water partition coefficient (Wildman–Crippen LogP) is 3.66. The molecule has 2 aliphatic heterocycles. The lowest BCUT2D eigenvalue weighted by Crippen LogP contribution is -2.30. The Bertz CT molecular complexity index is 851. The Morgan fingerprint density at radius 3 is 2.69 bits per heavy atom. The highest BCUT2D eigenvalue weighted by Crippen LogP contribution is 2.40. The Morgan fingerprint density at radius 2 is 2.00 bits per heavy atom. The second-order valence-electron chi connectivity index (χ2n) is 6.78. The number of halogens is 2. The summed E-state index contributed by atoms with van der Waals surface area (Å²) in [5.74, 6) is 1.04. The fourth-order valence-electron chi connectivity index (χ4n) is 3.67. The normalized spacial score (nSPS) is 19.1. The van der Waals surface area contributed by atoms with Crippen LogP contribution in [0.1, 0.15) is 17.5 Å². The van der Waals surface area contributed by atoms with Crippen LogP contribution in [0.25, 0.3) is 6.08 Å². The predicted molar refractivity (Wildman–Crippen MR) is 107 cm³/mol. The second kappa shape index (κ2) is 6.99. The maximum absolute atomic E-state index is 10.5. The molecule has 0 amide bonds. The van der Waals surface area contributed by atoms with Gasteiger partial charge in [0.1, 0.15) is 5.82 Å². The molecule has 2 aliphatic rings. The van der Waals surface area contributed by atoms with Crippen LogP contribution in [0.4, 0.5) is 11.5 Å². The third-order valence-corrected chi connectivity index (χ3v) is 5.23. The molecule has 1 atom stereocenters. The third kappa shape index (κ3) is 3.34. The number of nitrogens with zero attached hydrogens (tertiary/aromatic N) is 3. The van der Waals surface area contributed by atoms with Gasteiger partial charge in [-0.25, -0.2) is 4.98 Å². The zero-order chi connectivity index (χ0) is 18.3. The second-order valence-corrected chi connectivity index (χ2v) is 7.66. The largest absolute Gasteiger partial charge is 0.504 e. The Labute approximate surface area is 162 Å². The van der Waals surface area contributed by atoms with Gasteiger partial charge in [0.2, 0.25) is 0 Å². The maximum atomic E-state index is 10.5. The van der Waals surface area contributed by atoms with Crippen molar-refractivity contribution in [1.82, 2.24) is 4.98 Å². The first-order valence-electron chi connectivity index (χ1n) is 8.60. The van der Waals surface area contributed by atoms with E-state index in [9.17, 15) is 5.11 Å². The highest BCUT2D eigenvalue weighted by atomic mass is 35.5. The average molecular weight is 391 g/mol. The van der Waals surface area contributed by atoms with Crippen LogP contribution < -0.4 is 15.5 Å². The number of aromatic hydroxyl groups is 1. The van der Waals surface area contributed by atoms with Crippen LogP contribution in [-0.4, -0.2) is 35.8 Å². The van der Waals surface area contributed by atoms with E-state index in [2.05, 4.69) is 20.9 Å². The zero-order valence-electron chi connectivity index (χ0n) is 14.2. The lowest BCUT2D eigenvalue weighted by molar-refractivity contribution is 0.471. The van der Waals surface area contributed by atoms with Crippen LogP contribution in [-0.2, 0) is 6.54 Å². The Kier molecular flexibility index (Phi) is 4.69. The van der Waals surface area contributed by atoms with Gasteiger partial charge < -0.3 is 20.6 Å². The molecule has 3 heterocycles. The lowest BCUT2D eigenvalue weighted by atomic mass is 10.1. The van der Waals surface area contributed by atoms with Crippen LogP contribution in [0.2, 0.25) is 10.0 Å². The molecule has 2 aromatic rings. The number of pyridine rings is 1. The number of nitrogens with two attached hydrogens (primary N) is 1. The summed E-state index contributed by atoms with van der Waals surface area (Å²) in [7, 11) is 0. The Morgan fingerprint density at radius 1 is 1.23 bits per heavy atom. The van der Waals surface area contributed by atoms with Crippen LogP contribution in [0.3, 0.4) is 0 Å². The van der Waals surface area contributed by atoms with Crippen molar-refractivity contribution in [3.05, 3.63) is 51.6 Å². The number of aromatic nitrogens is 1.